The number of rotatable bonds is 3. The van der Waals surface area contributed by atoms with Crippen LogP contribution in [0.5, 0.6) is 0 Å². The number of fused-ring (bicyclic) bond motifs is 1. The normalized spacial score (nSPS) is 16.4. The Kier molecular flexibility index (Phi) is 3.56. The number of nitrogens with zero attached hydrogens (tertiary/aromatic N) is 2. The number of carbonyl (C=O) groups is 2. The molecule has 0 spiro atoms. The molecular formula is C14H16N2O3S. The molecule has 1 aliphatic carbocycles. The van der Waals surface area contributed by atoms with E-state index in [1.54, 1.807) is 4.40 Å². The zero-order valence-electron chi connectivity index (χ0n) is 11.3. The second-order valence-electron chi connectivity index (χ2n) is 5.10. The van der Waals surface area contributed by atoms with Crippen LogP contribution in [0.3, 0.4) is 0 Å². The van der Waals surface area contributed by atoms with E-state index in [2.05, 4.69) is 4.98 Å². The number of aryl methyl sites for hydroxylation is 1. The molecule has 0 radical (unpaired) electrons. The summed E-state index contributed by atoms with van der Waals surface area (Å²) in [5, 5.41) is 0. The summed E-state index contributed by atoms with van der Waals surface area (Å²) in [7, 11) is 0. The van der Waals surface area contributed by atoms with Crippen LogP contribution in [0.1, 0.15) is 58.0 Å². The maximum atomic E-state index is 12.3. The lowest BCUT2D eigenvalue weighted by atomic mass is 9.98. The molecule has 0 amide bonds. The van der Waals surface area contributed by atoms with Gasteiger partial charge in [-0.2, -0.15) is 0 Å². The van der Waals surface area contributed by atoms with Crippen LogP contribution in [0.2, 0.25) is 0 Å². The Morgan fingerprint density at radius 3 is 2.90 bits per heavy atom. The van der Waals surface area contributed by atoms with Gasteiger partial charge in [0.2, 0.25) is 0 Å². The Morgan fingerprint density at radius 2 is 2.20 bits per heavy atom. The van der Waals surface area contributed by atoms with E-state index in [4.69, 9.17) is 4.74 Å². The largest absolute Gasteiger partial charge is 0.458 e. The number of carbonyl (C=O) groups excluding carboxylic acids is 2. The third kappa shape index (κ3) is 2.24. The Labute approximate surface area is 120 Å². The maximum absolute atomic E-state index is 12.3. The molecule has 2 aromatic heterocycles. The van der Waals surface area contributed by atoms with E-state index in [1.165, 1.54) is 24.0 Å². The molecule has 2 aromatic rings. The van der Waals surface area contributed by atoms with Crippen LogP contribution in [-0.2, 0) is 4.74 Å². The van der Waals surface area contributed by atoms with Crippen molar-refractivity contribution in [3.05, 3.63) is 22.5 Å². The molecule has 0 N–H and O–H groups in total. The van der Waals surface area contributed by atoms with Gasteiger partial charge < -0.3 is 4.74 Å². The van der Waals surface area contributed by atoms with E-state index >= 15 is 0 Å². The minimum Gasteiger partial charge on any atom is -0.458 e. The molecule has 0 atom stereocenters. The van der Waals surface area contributed by atoms with E-state index < -0.39 is 0 Å². The van der Waals surface area contributed by atoms with Gasteiger partial charge in [-0.05, 0) is 32.6 Å². The van der Waals surface area contributed by atoms with Crippen LogP contribution in [0.25, 0.3) is 4.96 Å². The number of thiazole rings is 1. The SMILES string of the molecule is Cc1c(C(=O)OC2CCCCC2)sc2ncc(C=O)n12. The lowest BCUT2D eigenvalue weighted by Gasteiger charge is -2.21. The molecule has 1 fully saturated rings. The van der Waals surface area contributed by atoms with Gasteiger partial charge in [0.1, 0.15) is 16.7 Å². The maximum Gasteiger partial charge on any atom is 0.350 e. The zero-order chi connectivity index (χ0) is 14.1. The monoisotopic (exact) mass is 292 g/mol. The zero-order valence-corrected chi connectivity index (χ0v) is 12.1. The summed E-state index contributed by atoms with van der Waals surface area (Å²) in [6, 6.07) is 0. The van der Waals surface area contributed by atoms with Crippen LogP contribution in [0, 0.1) is 6.92 Å². The third-order valence-corrected chi connectivity index (χ3v) is 4.88. The molecule has 106 valence electrons. The van der Waals surface area contributed by atoms with Gasteiger partial charge in [-0.25, -0.2) is 9.78 Å². The Balaban J connectivity index is 1.85. The predicted octanol–water partition coefficient (Wildman–Crippen LogP) is 3.01. The standard InChI is InChI=1S/C14H16N2O3S/c1-9-12(13(18)19-11-5-3-2-4-6-11)20-14-15-7-10(8-17)16(9)14/h7-8,11H,2-6H2,1H3. The summed E-state index contributed by atoms with van der Waals surface area (Å²) in [6.07, 6.45) is 7.68. The molecular weight excluding hydrogens is 276 g/mol. The highest BCUT2D eigenvalue weighted by atomic mass is 32.1. The van der Waals surface area contributed by atoms with Crippen molar-refractivity contribution in [3.8, 4) is 0 Å². The number of imidazole rings is 1. The van der Waals surface area contributed by atoms with Gasteiger partial charge in [-0.1, -0.05) is 17.8 Å². The summed E-state index contributed by atoms with van der Waals surface area (Å²) < 4.78 is 7.28. The first-order chi connectivity index (χ1) is 9.70. The summed E-state index contributed by atoms with van der Waals surface area (Å²) in [5.41, 5.74) is 1.19. The quantitative estimate of drug-likeness (QED) is 0.644. The third-order valence-electron chi connectivity index (χ3n) is 3.75. The summed E-state index contributed by atoms with van der Waals surface area (Å²) >= 11 is 1.28. The van der Waals surface area contributed by atoms with Crippen molar-refractivity contribution < 1.29 is 14.3 Å². The van der Waals surface area contributed by atoms with E-state index in [0.29, 0.717) is 15.5 Å². The second kappa shape index (κ2) is 5.36. The minimum absolute atomic E-state index is 0.0376. The lowest BCUT2D eigenvalue weighted by molar-refractivity contribution is 0.0215. The fraction of sp³-hybridized carbons (Fsp3) is 0.500. The molecule has 0 aliphatic heterocycles. The molecule has 0 unspecified atom stereocenters. The molecule has 1 saturated carbocycles. The molecule has 0 bridgehead atoms. The highest BCUT2D eigenvalue weighted by molar-refractivity contribution is 7.19. The van der Waals surface area contributed by atoms with Crippen molar-refractivity contribution in [2.75, 3.05) is 0 Å². The van der Waals surface area contributed by atoms with Crippen molar-refractivity contribution in [2.45, 2.75) is 45.1 Å². The van der Waals surface area contributed by atoms with E-state index in [-0.39, 0.29) is 12.1 Å². The summed E-state index contributed by atoms with van der Waals surface area (Å²) in [6.45, 7) is 1.82. The molecule has 6 heteroatoms. The highest BCUT2D eigenvalue weighted by Crippen LogP contribution is 2.27. The minimum atomic E-state index is -0.290. The number of ether oxygens (including phenoxy) is 1. The van der Waals surface area contributed by atoms with E-state index in [1.807, 2.05) is 6.92 Å². The average molecular weight is 292 g/mol. The first-order valence-electron chi connectivity index (χ1n) is 6.83. The average Bonchev–Trinajstić information content (AvgIpc) is 3.00. The summed E-state index contributed by atoms with van der Waals surface area (Å²) in [5.74, 6) is -0.290. The van der Waals surface area contributed by atoms with Gasteiger partial charge in [-0.15, -0.1) is 0 Å². The molecule has 3 rings (SSSR count). The molecule has 0 aromatic carbocycles. The van der Waals surface area contributed by atoms with Crippen LogP contribution in [0.15, 0.2) is 6.20 Å². The van der Waals surface area contributed by atoms with Crippen molar-refractivity contribution in [3.63, 3.8) is 0 Å². The molecule has 1 aliphatic rings. The predicted molar refractivity (Wildman–Crippen MR) is 75.5 cm³/mol. The number of aldehydes is 1. The number of aromatic nitrogens is 2. The van der Waals surface area contributed by atoms with Crippen molar-refractivity contribution in [1.29, 1.82) is 0 Å². The van der Waals surface area contributed by atoms with Crippen LogP contribution in [-0.4, -0.2) is 27.7 Å². The Morgan fingerprint density at radius 1 is 1.45 bits per heavy atom. The van der Waals surface area contributed by atoms with Gasteiger partial charge >= 0.3 is 5.97 Å². The van der Waals surface area contributed by atoms with Gasteiger partial charge in [0, 0.05) is 5.69 Å². The summed E-state index contributed by atoms with van der Waals surface area (Å²) in [4.78, 5) is 28.6. The number of esters is 1. The van der Waals surface area contributed by atoms with Gasteiger partial charge in [-0.3, -0.25) is 9.20 Å². The van der Waals surface area contributed by atoms with Crippen molar-refractivity contribution >= 4 is 28.6 Å². The van der Waals surface area contributed by atoms with Crippen LogP contribution >= 0.6 is 11.3 Å². The Hall–Kier alpha value is -1.69. The smallest absolute Gasteiger partial charge is 0.350 e. The van der Waals surface area contributed by atoms with Gasteiger partial charge in [0.25, 0.3) is 0 Å². The number of hydrogen-bond acceptors (Lipinski definition) is 5. The van der Waals surface area contributed by atoms with Crippen molar-refractivity contribution in [2.24, 2.45) is 0 Å². The molecule has 0 saturated heterocycles. The van der Waals surface area contributed by atoms with E-state index in [0.717, 1.165) is 37.7 Å². The van der Waals surface area contributed by atoms with Crippen LogP contribution in [0.4, 0.5) is 0 Å². The first-order valence-corrected chi connectivity index (χ1v) is 7.65. The number of hydrogen-bond donors (Lipinski definition) is 0. The molecule has 20 heavy (non-hydrogen) atoms. The van der Waals surface area contributed by atoms with E-state index in [9.17, 15) is 9.59 Å². The molecule has 5 nitrogen and oxygen atoms in total. The van der Waals surface area contributed by atoms with Gasteiger partial charge in [0.15, 0.2) is 11.2 Å². The molecule has 2 heterocycles. The fourth-order valence-corrected chi connectivity index (χ4v) is 3.68. The Bertz CT molecular complexity index is 653. The topological polar surface area (TPSA) is 60.7 Å². The van der Waals surface area contributed by atoms with Gasteiger partial charge in [0.05, 0.1) is 6.20 Å². The fourth-order valence-electron chi connectivity index (χ4n) is 2.68. The van der Waals surface area contributed by atoms with Crippen LogP contribution < -0.4 is 0 Å². The van der Waals surface area contributed by atoms with Crippen molar-refractivity contribution in [1.82, 2.24) is 9.38 Å². The second-order valence-corrected chi connectivity index (χ2v) is 6.08. The first kappa shape index (κ1) is 13.3. The highest BCUT2D eigenvalue weighted by Gasteiger charge is 2.23. The lowest BCUT2D eigenvalue weighted by Crippen LogP contribution is -2.20.